The molecule has 4 aromatic rings. The standard InChI is InChI=1S/C20H18N4O3S/c1-12-17(28-20(22-12)24-8-4-5-9-24)18(25)23-16(19(26)27)10-13-11-21-15-7-3-2-6-14(13)15/h2-9,11,16,21H,10H2,1H3,(H,23,25)(H,26,27)/t16-/m1/s1. The van der Waals surface area contributed by atoms with Crippen molar-refractivity contribution in [2.24, 2.45) is 0 Å². The normalized spacial score (nSPS) is 12.2. The van der Waals surface area contributed by atoms with Crippen LogP contribution in [-0.2, 0) is 11.2 Å². The summed E-state index contributed by atoms with van der Waals surface area (Å²) in [5, 5.41) is 13.9. The minimum Gasteiger partial charge on any atom is -0.480 e. The monoisotopic (exact) mass is 394 g/mol. The Bertz CT molecular complexity index is 1140. The topological polar surface area (TPSA) is 100 Å². The molecule has 0 unspecified atom stereocenters. The van der Waals surface area contributed by atoms with Crippen molar-refractivity contribution >= 4 is 34.1 Å². The number of para-hydroxylation sites is 1. The smallest absolute Gasteiger partial charge is 0.326 e. The van der Waals surface area contributed by atoms with Crippen molar-refractivity contribution in [1.29, 1.82) is 0 Å². The molecule has 3 heterocycles. The van der Waals surface area contributed by atoms with Gasteiger partial charge in [-0.1, -0.05) is 29.5 Å². The van der Waals surface area contributed by atoms with Gasteiger partial charge >= 0.3 is 5.97 Å². The number of aromatic nitrogens is 3. The average molecular weight is 394 g/mol. The van der Waals surface area contributed by atoms with E-state index in [1.54, 1.807) is 13.1 Å². The maximum Gasteiger partial charge on any atom is 0.326 e. The fourth-order valence-corrected chi connectivity index (χ4v) is 4.05. The molecular formula is C20H18N4O3S. The first-order chi connectivity index (χ1) is 13.5. The summed E-state index contributed by atoms with van der Waals surface area (Å²) in [7, 11) is 0. The number of H-pyrrole nitrogens is 1. The first kappa shape index (κ1) is 18.0. The molecule has 1 amide bonds. The largest absolute Gasteiger partial charge is 0.480 e. The zero-order valence-electron chi connectivity index (χ0n) is 15.0. The third kappa shape index (κ3) is 3.41. The molecule has 0 bridgehead atoms. The second kappa shape index (κ2) is 7.32. The van der Waals surface area contributed by atoms with Crippen molar-refractivity contribution in [3.8, 4) is 5.13 Å². The van der Waals surface area contributed by atoms with Crippen molar-refractivity contribution in [3.63, 3.8) is 0 Å². The second-order valence-corrected chi connectivity index (χ2v) is 7.41. The van der Waals surface area contributed by atoms with Crippen LogP contribution in [0.3, 0.4) is 0 Å². The van der Waals surface area contributed by atoms with E-state index in [9.17, 15) is 14.7 Å². The minimum absolute atomic E-state index is 0.188. The molecule has 0 saturated carbocycles. The van der Waals surface area contributed by atoms with Gasteiger partial charge in [0.25, 0.3) is 5.91 Å². The zero-order chi connectivity index (χ0) is 19.7. The summed E-state index contributed by atoms with van der Waals surface area (Å²) in [4.78, 5) is 32.4. The van der Waals surface area contributed by atoms with Gasteiger partial charge in [-0.2, -0.15) is 0 Å². The summed E-state index contributed by atoms with van der Waals surface area (Å²) in [5.74, 6) is -1.51. The fourth-order valence-electron chi connectivity index (χ4n) is 3.11. The van der Waals surface area contributed by atoms with Gasteiger partial charge in [-0.05, 0) is 30.7 Å². The van der Waals surface area contributed by atoms with Crippen molar-refractivity contribution in [2.75, 3.05) is 0 Å². The summed E-state index contributed by atoms with van der Waals surface area (Å²) < 4.78 is 1.81. The molecule has 0 aliphatic rings. The van der Waals surface area contributed by atoms with E-state index in [1.165, 1.54) is 11.3 Å². The number of carboxylic acid groups (broad SMARTS) is 1. The molecule has 0 fully saturated rings. The van der Waals surface area contributed by atoms with Crippen molar-refractivity contribution in [3.05, 3.63) is 71.1 Å². The van der Waals surface area contributed by atoms with Gasteiger partial charge in [-0.15, -0.1) is 0 Å². The van der Waals surface area contributed by atoms with Gasteiger partial charge in [-0.3, -0.25) is 4.79 Å². The average Bonchev–Trinajstić information content (AvgIpc) is 3.40. The molecule has 0 saturated heterocycles. The maximum absolute atomic E-state index is 12.7. The van der Waals surface area contributed by atoms with E-state index in [2.05, 4.69) is 15.3 Å². The quantitative estimate of drug-likeness (QED) is 0.468. The van der Waals surface area contributed by atoms with Crippen LogP contribution >= 0.6 is 11.3 Å². The third-order valence-corrected chi connectivity index (χ3v) is 5.69. The number of aryl methyl sites for hydroxylation is 1. The number of nitrogens with zero attached hydrogens (tertiary/aromatic N) is 2. The fraction of sp³-hybridized carbons (Fsp3) is 0.150. The van der Waals surface area contributed by atoms with E-state index < -0.39 is 17.9 Å². The molecule has 0 radical (unpaired) electrons. The molecule has 1 atom stereocenters. The van der Waals surface area contributed by atoms with Crippen LogP contribution in [0, 0.1) is 6.92 Å². The van der Waals surface area contributed by atoms with Crippen LogP contribution in [0.5, 0.6) is 0 Å². The van der Waals surface area contributed by atoms with Gasteiger partial charge < -0.3 is 20.0 Å². The molecule has 142 valence electrons. The number of amides is 1. The Kier molecular flexibility index (Phi) is 4.70. The SMILES string of the molecule is Cc1nc(-n2cccc2)sc1C(=O)N[C@H](Cc1c[nH]c2ccccc12)C(=O)O. The number of aliphatic carboxylic acids is 1. The van der Waals surface area contributed by atoms with Gasteiger partial charge in [0.1, 0.15) is 10.9 Å². The lowest BCUT2D eigenvalue weighted by atomic mass is 10.0. The van der Waals surface area contributed by atoms with Crippen LogP contribution in [-0.4, -0.2) is 37.6 Å². The summed E-state index contributed by atoms with van der Waals surface area (Å²) in [6.07, 6.45) is 5.66. The molecule has 0 aliphatic carbocycles. The molecule has 7 nitrogen and oxygen atoms in total. The molecule has 0 spiro atoms. The molecule has 4 rings (SSSR count). The number of carbonyl (C=O) groups excluding carboxylic acids is 1. The number of hydrogen-bond donors (Lipinski definition) is 3. The van der Waals surface area contributed by atoms with E-state index in [0.29, 0.717) is 15.7 Å². The van der Waals surface area contributed by atoms with Gasteiger partial charge in [0.05, 0.1) is 5.69 Å². The van der Waals surface area contributed by atoms with Gasteiger partial charge in [0.15, 0.2) is 5.13 Å². The lowest BCUT2D eigenvalue weighted by molar-refractivity contribution is -0.139. The Morgan fingerprint density at radius 2 is 2.00 bits per heavy atom. The number of carbonyl (C=O) groups is 2. The molecule has 28 heavy (non-hydrogen) atoms. The summed E-state index contributed by atoms with van der Waals surface area (Å²) in [5.41, 5.74) is 2.35. The Morgan fingerprint density at radius 1 is 1.25 bits per heavy atom. The molecule has 0 aliphatic heterocycles. The third-order valence-electron chi connectivity index (χ3n) is 4.52. The van der Waals surface area contributed by atoms with E-state index in [-0.39, 0.29) is 6.42 Å². The Morgan fingerprint density at radius 3 is 2.75 bits per heavy atom. The molecule has 1 aromatic carbocycles. The number of carboxylic acids is 1. The number of thiazole rings is 1. The highest BCUT2D eigenvalue weighted by atomic mass is 32.1. The first-order valence-electron chi connectivity index (χ1n) is 8.72. The van der Waals surface area contributed by atoms with Gasteiger partial charge in [0.2, 0.25) is 0 Å². The number of aromatic amines is 1. The minimum atomic E-state index is -1.08. The number of fused-ring (bicyclic) bond motifs is 1. The van der Waals surface area contributed by atoms with Crippen LogP contribution in [0.4, 0.5) is 0 Å². The van der Waals surface area contributed by atoms with E-state index in [4.69, 9.17) is 0 Å². The number of hydrogen-bond acceptors (Lipinski definition) is 4. The highest BCUT2D eigenvalue weighted by molar-refractivity contribution is 7.16. The van der Waals surface area contributed by atoms with Crippen molar-refractivity contribution < 1.29 is 14.7 Å². The molecule has 8 heteroatoms. The molecule has 3 N–H and O–H groups in total. The maximum atomic E-state index is 12.7. The van der Waals surface area contributed by atoms with E-state index in [1.807, 2.05) is 53.4 Å². The number of nitrogens with one attached hydrogen (secondary N) is 2. The lowest BCUT2D eigenvalue weighted by Crippen LogP contribution is -2.42. The van der Waals surface area contributed by atoms with Crippen LogP contribution in [0.15, 0.2) is 55.0 Å². The van der Waals surface area contributed by atoms with Crippen LogP contribution < -0.4 is 5.32 Å². The molecule has 3 aromatic heterocycles. The Hall–Kier alpha value is -3.39. The lowest BCUT2D eigenvalue weighted by Gasteiger charge is -2.13. The van der Waals surface area contributed by atoms with Crippen LogP contribution in [0.2, 0.25) is 0 Å². The van der Waals surface area contributed by atoms with E-state index >= 15 is 0 Å². The highest BCUT2D eigenvalue weighted by Gasteiger charge is 2.25. The number of benzene rings is 1. The van der Waals surface area contributed by atoms with E-state index in [0.717, 1.165) is 16.5 Å². The van der Waals surface area contributed by atoms with Crippen molar-refractivity contribution in [1.82, 2.24) is 19.9 Å². The Balaban J connectivity index is 1.55. The Labute approximate surface area is 164 Å². The van der Waals surface area contributed by atoms with Crippen LogP contribution in [0.25, 0.3) is 16.0 Å². The van der Waals surface area contributed by atoms with Gasteiger partial charge in [0, 0.05) is 35.9 Å². The summed E-state index contributed by atoms with van der Waals surface area (Å²) in [6, 6.07) is 10.4. The second-order valence-electron chi connectivity index (χ2n) is 6.43. The van der Waals surface area contributed by atoms with Crippen LogP contribution in [0.1, 0.15) is 20.9 Å². The number of rotatable bonds is 6. The zero-order valence-corrected chi connectivity index (χ0v) is 15.9. The predicted molar refractivity (Wildman–Crippen MR) is 107 cm³/mol. The first-order valence-corrected chi connectivity index (χ1v) is 9.54. The summed E-state index contributed by atoms with van der Waals surface area (Å²) >= 11 is 1.23. The molecular weight excluding hydrogens is 376 g/mol. The predicted octanol–water partition coefficient (Wildman–Crippen LogP) is 3.15. The highest BCUT2D eigenvalue weighted by Crippen LogP contribution is 2.23. The summed E-state index contributed by atoms with van der Waals surface area (Å²) in [6.45, 7) is 1.74. The van der Waals surface area contributed by atoms with Crippen molar-refractivity contribution in [2.45, 2.75) is 19.4 Å². The van der Waals surface area contributed by atoms with Gasteiger partial charge in [-0.25, -0.2) is 9.78 Å².